The third kappa shape index (κ3) is 10.3. The molecule has 0 saturated carbocycles. The van der Waals surface area contributed by atoms with Gasteiger partial charge in [-0.3, -0.25) is 14.9 Å². The Morgan fingerprint density at radius 1 is 0.870 bits per heavy atom. The second-order valence-electron chi connectivity index (χ2n) is 6.83. The van der Waals surface area contributed by atoms with E-state index < -0.39 is 0 Å². The predicted octanol–water partition coefficient (Wildman–Crippen LogP) is 5.30. The minimum Gasteiger partial charge on any atom is -0.296 e. The van der Waals surface area contributed by atoms with E-state index in [-0.39, 0.29) is 17.7 Å². The summed E-state index contributed by atoms with van der Waals surface area (Å²) >= 11 is 0. The van der Waals surface area contributed by atoms with Crippen molar-refractivity contribution in [2.75, 3.05) is 0 Å². The highest BCUT2D eigenvalue weighted by molar-refractivity contribution is 6.04. The molecular formula is C20H35NO2. The first-order valence-corrected chi connectivity index (χ1v) is 9.74. The van der Waals surface area contributed by atoms with Gasteiger partial charge in [0, 0.05) is 6.42 Å². The molecule has 0 aromatic heterocycles. The Hall–Kier alpha value is -1.12. The minimum atomic E-state index is -0.222. The molecule has 1 aliphatic heterocycles. The van der Waals surface area contributed by atoms with Gasteiger partial charge in [-0.15, -0.1) is 0 Å². The summed E-state index contributed by atoms with van der Waals surface area (Å²) in [5, 5.41) is 2.34. The van der Waals surface area contributed by atoms with Crippen LogP contribution in [0.3, 0.4) is 0 Å². The van der Waals surface area contributed by atoms with Gasteiger partial charge in [-0.25, -0.2) is 0 Å². The highest BCUT2D eigenvalue weighted by Gasteiger charge is 2.27. The Balaban J connectivity index is 1.81. The number of hydrogen-bond acceptors (Lipinski definition) is 2. The smallest absolute Gasteiger partial charge is 0.233 e. The molecule has 2 amide bonds. The number of carbonyl (C=O) groups is 2. The maximum atomic E-state index is 11.4. The topological polar surface area (TPSA) is 46.2 Å². The molecule has 0 aliphatic carbocycles. The Kier molecular flexibility index (Phi) is 11.5. The van der Waals surface area contributed by atoms with Gasteiger partial charge in [0.1, 0.15) is 0 Å². The standard InChI is InChI=1S/C20H35NO2/c1-2-3-4-5-6-7-8-9-10-11-12-13-14-15-16-18-17-19(22)21-20(18)23/h15-16,18H,2-14,17H2,1H3,(H,21,22,23). The third-order valence-electron chi connectivity index (χ3n) is 4.60. The van der Waals surface area contributed by atoms with Gasteiger partial charge in [-0.05, 0) is 12.8 Å². The Morgan fingerprint density at radius 2 is 1.39 bits per heavy atom. The van der Waals surface area contributed by atoms with Gasteiger partial charge in [0.05, 0.1) is 5.92 Å². The molecule has 23 heavy (non-hydrogen) atoms. The van der Waals surface area contributed by atoms with Crippen LogP contribution in [0.5, 0.6) is 0 Å². The largest absolute Gasteiger partial charge is 0.296 e. The van der Waals surface area contributed by atoms with Gasteiger partial charge in [-0.1, -0.05) is 89.7 Å². The van der Waals surface area contributed by atoms with Crippen LogP contribution in [0.15, 0.2) is 12.2 Å². The van der Waals surface area contributed by atoms with Crippen LogP contribution in [0.4, 0.5) is 0 Å². The highest BCUT2D eigenvalue weighted by atomic mass is 16.2. The number of imide groups is 1. The summed E-state index contributed by atoms with van der Waals surface area (Å²) in [6.07, 6.45) is 21.7. The molecule has 0 aromatic carbocycles. The molecule has 0 bridgehead atoms. The molecule has 0 aromatic rings. The molecule has 1 saturated heterocycles. The van der Waals surface area contributed by atoms with Crippen molar-refractivity contribution < 1.29 is 9.59 Å². The molecular weight excluding hydrogens is 286 g/mol. The third-order valence-corrected chi connectivity index (χ3v) is 4.60. The van der Waals surface area contributed by atoms with Crippen LogP contribution in [-0.4, -0.2) is 11.8 Å². The molecule has 1 heterocycles. The van der Waals surface area contributed by atoms with Crippen LogP contribution >= 0.6 is 0 Å². The van der Waals surface area contributed by atoms with Crippen LogP contribution in [0, 0.1) is 5.92 Å². The summed E-state index contributed by atoms with van der Waals surface area (Å²) in [5.41, 5.74) is 0. The average Bonchev–Trinajstić information content (AvgIpc) is 2.85. The van der Waals surface area contributed by atoms with Gasteiger partial charge in [0.15, 0.2) is 0 Å². The SMILES string of the molecule is CCCCCCCCCCCCCCC=CC1CC(=O)NC1=O. The number of nitrogens with one attached hydrogen (secondary N) is 1. The van der Waals surface area contributed by atoms with E-state index in [1.807, 2.05) is 6.08 Å². The zero-order valence-corrected chi connectivity index (χ0v) is 14.9. The van der Waals surface area contributed by atoms with E-state index in [1.165, 1.54) is 77.0 Å². The number of hydrogen-bond donors (Lipinski definition) is 1. The first kappa shape index (κ1) is 19.9. The zero-order chi connectivity index (χ0) is 16.8. The molecule has 0 radical (unpaired) electrons. The first-order valence-electron chi connectivity index (χ1n) is 9.74. The number of amides is 2. The lowest BCUT2D eigenvalue weighted by molar-refractivity contribution is -0.125. The molecule has 3 heteroatoms. The van der Waals surface area contributed by atoms with Crippen molar-refractivity contribution in [1.29, 1.82) is 0 Å². The van der Waals surface area contributed by atoms with Gasteiger partial charge < -0.3 is 0 Å². The maximum Gasteiger partial charge on any atom is 0.233 e. The van der Waals surface area contributed by atoms with Gasteiger partial charge in [-0.2, -0.15) is 0 Å². The van der Waals surface area contributed by atoms with Crippen molar-refractivity contribution in [2.24, 2.45) is 5.92 Å². The summed E-state index contributed by atoms with van der Waals surface area (Å²) < 4.78 is 0. The summed E-state index contributed by atoms with van der Waals surface area (Å²) in [5.74, 6) is -0.504. The Bertz CT molecular complexity index is 363. The van der Waals surface area contributed by atoms with Crippen molar-refractivity contribution in [1.82, 2.24) is 5.32 Å². The molecule has 1 aliphatic rings. The fourth-order valence-electron chi connectivity index (χ4n) is 3.09. The van der Waals surface area contributed by atoms with E-state index in [4.69, 9.17) is 0 Å². The van der Waals surface area contributed by atoms with Gasteiger partial charge >= 0.3 is 0 Å². The monoisotopic (exact) mass is 321 g/mol. The predicted molar refractivity (Wildman–Crippen MR) is 96.1 cm³/mol. The second kappa shape index (κ2) is 13.3. The normalized spacial score (nSPS) is 18.0. The molecule has 0 spiro atoms. The molecule has 1 unspecified atom stereocenters. The summed E-state index contributed by atoms with van der Waals surface area (Å²) in [4.78, 5) is 22.4. The van der Waals surface area contributed by atoms with E-state index in [9.17, 15) is 9.59 Å². The minimum absolute atomic E-state index is 0.138. The Morgan fingerprint density at radius 3 is 1.87 bits per heavy atom. The Labute approximate surface area is 142 Å². The zero-order valence-electron chi connectivity index (χ0n) is 14.9. The van der Waals surface area contributed by atoms with Crippen molar-refractivity contribution in [3.63, 3.8) is 0 Å². The lowest BCUT2D eigenvalue weighted by Crippen LogP contribution is -2.21. The number of unbranched alkanes of at least 4 members (excludes halogenated alkanes) is 12. The maximum absolute atomic E-state index is 11.4. The van der Waals surface area contributed by atoms with E-state index >= 15 is 0 Å². The fraction of sp³-hybridized carbons (Fsp3) is 0.800. The molecule has 3 nitrogen and oxygen atoms in total. The van der Waals surface area contributed by atoms with Gasteiger partial charge in [0.2, 0.25) is 11.8 Å². The van der Waals surface area contributed by atoms with E-state index in [1.54, 1.807) is 0 Å². The van der Waals surface area contributed by atoms with E-state index in [0.717, 1.165) is 6.42 Å². The van der Waals surface area contributed by atoms with Crippen LogP contribution < -0.4 is 5.32 Å². The molecule has 1 N–H and O–H groups in total. The summed E-state index contributed by atoms with van der Waals surface area (Å²) in [7, 11) is 0. The summed E-state index contributed by atoms with van der Waals surface area (Å²) in [6.45, 7) is 2.27. The quantitative estimate of drug-likeness (QED) is 0.268. The number of rotatable bonds is 14. The van der Waals surface area contributed by atoms with Crippen LogP contribution in [0.2, 0.25) is 0 Å². The van der Waals surface area contributed by atoms with Crippen molar-refractivity contribution in [3.05, 3.63) is 12.2 Å². The lowest BCUT2D eigenvalue weighted by atomic mass is 10.0. The highest BCUT2D eigenvalue weighted by Crippen LogP contribution is 2.14. The van der Waals surface area contributed by atoms with Crippen molar-refractivity contribution >= 4 is 11.8 Å². The van der Waals surface area contributed by atoms with Crippen LogP contribution in [-0.2, 0) is 9.59 Å². The number of allylic oxidation sites excluding steroid dienone is 1. The van der Waals surface area contributed by atoms with Crippen molar-refractivity contribution in [3.8, 4) is 0 Å². The molecule has 1 rings (SSSR count). The molecule has 132 valence electrons. The fourth-order valence-corrected chi connectivity index (χ4v) is 3.09. The van der Waals surface area contributed by atoms with E-state index in [0.29, 0.717) is 6.42 Å². The molecule has 1 atom stereocenters. The summed E-state index contributed by atoms with van der Waals surface area (Å²) in [6, 6.07) is 0. The van der Waals surface area contributed by atoms with Gasteiger partial charge in [0.25, 0.3) is 0 Å². The average molecular weight is 322 g/mol. The van der Waals surface area contributed by atoms with Crippen LogP contribution in [0.1, 0.15) is 96.8 Å². The second-order valence-corrected chi connectivity index (χ2v) is 6.83. The molecule has 1 fully saturated rings. The van der Waals surface area contributed by atoms with E-state index in [2.05, 4.69) is 18.3 Å². The van der Waals surface area contributed by atoms with Crippen LogP contribution in [0.25, 0.3) is 0 Å². The first-order chi connectivity index (χ1) is 11.2. The number of carbonyl (C=O) groups excluding carboxylic acids is 2. The lowest BCUT2D eigenvalue weighted by Gasteiger charge is -2.02. The van der Waals surface area contributed by atoms with Crippen molar-refractivity contribution in [2.45, 2.75) is 96.8 Å².